The highest BCUT2D eigenvalue weighted by atomic mass is 35.5. The van der Waals surface area contributed by atoms with Crippen LogP contribution in [0.15, 0.2) is 66.7 Å². The molecule has 3 rings (SSSR count). The van der Waals surface area contributed by atoms with Crippen molar-refractivity contribution < 1.29 is 9.53 Å². The van der Waals surface area contributed by atoms with Gasteiger partial charge in [-0.05, 0) is 42.1 Å². The first-order valence-corrected chi connectivity index (χ1v) is 8.26. The average Bonchev–Trinajstić information content (AvgIpc) is 2.61. The first kappa shape index (κ1) is 16.3. The van der Waals surface area contributed by atoms with Crippen LogP contribution in [-0.4, -0.2) is 12.5 Å². The minimum absolute atomic E-state index is 0.00828. The summed E-state index contributed by atoms with van der Waals surface area (Å²) in [5, 5.41) is 5.82. The number of anilines is 1. The van der Waals surface area contributed by atoms with Gasteiger partial charge < -0.3 is 10.1 Å². The highest BCUT2D eigenvalue weighted by Gasteiger charge is 2.05. The number of hydrogen-bond donors (Lipinski definition) is 1. The van der Waals surface area contributed by atoms with Gasteiger partial charge in [0.25, 0.3) is 0 Å². The molecule has 0 aliphatic rings. The number of carbonyl (C=O) groups is 1. The Hall–Kier alpha value is -2.52. The van der Waals surface area contributed by atoms with E-state index < -0.39 is 0 Å². The predicted molar refractivity (Wildman–Crippen MR) is 98.8 cm³/mol. The van der Waals surface area contributed by atoms with Crippen LogP contribution in [0.4, 0.5) is 5.69 Å². The van der Waals surface area contributed by atoms with E-state index in [1.807, 2.05) is 54.6 Å². The van der Waals surface area contributed by atoms with Gasteiger partial charge in [0.15, 0.2) is 0 Å². The minimum atomic E-state index is -0.00828. The second-order valence-corrected chi connectivity index (χ2v) is 5.92. The molecule has 0 aliphatic carbocycles. The molecule has 0 spiro atoms. The highest BCUT2D eigenvalue weighted by Crippen LogP contribution is 2.23. The minimum Gasteiger partial charge on any atom is -0.494 e. The Labute approximate surface area is 146 Å². The molecule has 0 saturated heterocycles. The monoisotopic (exact) mass is 339 g/mol. The van der Waals surface area contributed by atoms with Crippen LogP contribution in [0.3, 0.4) is 0 Å². The maximum atomic E-state index is 12.1. The molecule has 122 valence electrons. The van der Waals surface area contributed by atoms with Gasteiger partial charge in [-0.1, -0.05) is 48.0 Å². The van der Waals surface area contributed by atoms with Crippen molar-refractivity contribution in [2.75, 3.05) is 11.9 Å². The number of hydrogen-bond acceptors (Lipinski definition) is 2. The first-order chi connectivity index (χ1) is 11.7. The van der Waals surface area contributed by atoms with Gasteiger partial charge in [-0.25, -0.2) is 0 Å². The molecule has 0 heterocycles. The van der Waals surface area contributed by atoms with Gasteiger partial charge in [0.05, 0.1) is 6.61 Å². The molecular weight excluding hydrogens is 322 g/mol. The maximum Gasteiger partial charge on any atom is 0.224 e. The number of amides is 1. The molecule has 3 aromatic carbocycles. The molecule has 0 atom stereocenters. The van der Waals surface area contributed by atoms with E-state index >= 15 is 0 Å². The molecule has 0 fully saturated rings. The van der Waals surface area contributed by atoms with E-state index in [-0.39, 0.29) is 5.91 Å². The summed E-state index contributed by atoms with van der Waals surface area (Å²) in [6, 6.07) is 21.1. The standard InChI is InChI=1S/C20H18ClNO2/c21-16-10-12-17(13-11-16)24-14-4-9-20(23)22-19-8-3-6-15-5-1-2-7-18(15)19/h1-3,5-8,10-13H,4,9,14H2,(H,22,23). The number of ether oxygens (including phenoxy) is 1. The Balaban J connectivity index is 1.49. The molecule has 0 aromatic heterocycles. The molecule has 0 radical (unpaired) electrons. The summed E-state index contributed by atoms with van der Waals surface area (Å²) in [5.41, 5.74) is 0.844. The SMILES string of the molecule is O=C(CCCOc1ccc(Cl)cc1)Nc1cccc2ccccc12. The number of rotatable bonds is 6. The zero-order chi connectivity index (χ0) is 16.8. The van der Waals surface area contributed by atoms with Crippen LogP contribution in [0.25, 0.3) is 10.8 Å². The van der Waals surface area contributed by atoms with Crippen LogP contribution in [0, 0.1) is 0 Å². The molecule has 1 N–H and O–H groups in total. The summed E-state index contributed by atoms with van der Waals surface area (Å²) in [4.78, 5) is 12.1. The molecule has 0 aliphatic heterocycles. The van der Waals surface area contributed by atoms with Crippen molar-refractivity contribution in [3.05, 3.63) is 71.8 Å². The summed E-state index contributed by atoms with van der Waals surface area (Å²) in [5.74, 6) is 0.750. The number of halogens is 1. The highest BCUT2D eigenvalue weighted by molar-refractivity contribution is 6.30. The van der Waals surface area contributed by atoms with Crippen molar-refractivity contribution in [2.24, 2.45) is 0 Å². The van der Waals surface area contributed by atoms with Crippen LogP contribution < -0.4 is 10.1 Å². The topological polar surface area (TPSA) is 38.3 Å². The van der Waals surface area contributed by atoms with E-state index in [4.69, 9.17) is 16.3 Å². The summed E-state index contributed by atoms with van der Waals surface area (Å²) < 4.78 is 5.59. The van der Waals surface area contributed by atoms with Crippen molar-refractivity contribution in [3.8, 4) is 5.75 Å². The average molecular weight is 340 g/mol. The quantitative estimate of drug-likeness (QED) is 0.619. The summed E-state index contributed by atoms with van der Waals surface area (Å²) >= 11 is 5.82. The lowest BCUT2D eigenvalue weighted by molar-refractivity contribution is -0.116. The lowest BCUT2D eigenvalue weighted by atomic mass is 10.1. The van der Waals surface area contributed by atoms with Gasteiger partial charge in [0.2, 0.25) is 5.91 Å². The van der Waals surface area contributed by atoms with Crippen molar-refractivity contribution in [2.45, 2.75) is 12.8 Å². The molecule has 0 bridgehead atoms. The summed E-state index contributed by atoms with van der Waals surface area (Å²) in [7, 11) is 0. The summed E-state index contributed by atoms with van der Waals surface area (Å²) in [6.45, 7) is 0.491. The van der Waals surface area contributed by atoms with E-state index in [2.05, 4.69) is 5.32 Å². The first-order valence-electron chi connectivity index (χ1n) is 7.88. The molecule has 1 amide bonds. The van der Waals surface area contributed by atoms with Crippen molar-refractivity contribution in [3.63, 3.8) is 0 Å². The molecule has 3 aromatic rings. The summed E-state index contributed by atoms with van der Waals surface area (Å²) in [6.07, 6.45) is 1.07. The molecule has 3 nitrogen and oxygen atoms in total. The van der Waals surface area contributed by atoms with Crippen LogP contribution in [0.1, 0.15) is 12.8 Å². The Bertz CT molecular complexity index is 825. The zero-order valence-electron chi connectivity index (χ0n) is 13.2. The number of nitrogens with one attached hydrogen (secondary N) is 1. The molecule has 0 saturated carbocycles. The van der Waals surface area contributed by atoms with Crippen molar-refractivity contribution in [1.29, 1.82) is 0 Å². The Kier molecular flexibility index (Phi) is 5.34. The Morgan fingerprint density at radius 2 is 1.71 bits per heavy atom. The predicted octanol–water partition coefficient (Wildman–Crippen LogP) is 5.29. The number of carbonyl (C=O) groups excluding carboxylic acids is 1. The van der Waals surface area contributed by atoms with Crippen molar-refractivity contribution >= 4 is 34.0 Å². The fourth-order valence-electron chi connectivity index (χ4n) is 2.50. The fourth-order valence-corrected chi connectivity index (χ4v) is 2.63. The van der Waals surface area contributed by atoms with Crippen molar-refractivity contribution in [1.82, 2.24) is 0 Å². The second kappa shape index (κ2) is 7.84. The third-order valence-corrected chi connectivity index (χ3v) is 3.95. The van der Waals surface area contributed by atoms with Crippen LogP contribution in [0.5, 0.6) is 5.75 Å². The Morgan fingerprint density at radius 3 is 2.54 bits per heavy atom. The van der Waals surface area contributed by atoms with Crippen LogP contribution in [0.2, 0.25) is 5.02 Å². The molecule has 0 unspecified atom stereocenters. The lowest BCUT2D eigenvalue weighted by Gasteiger charge is -2.09. The Morgan fingerprint density at radius 1 is 0.958 bits per heavy atom. The van der Waals surface area contributed by atoms with E-state index in [9.17, 15) is 4.79 Å². The van der Waals surface area contributed by atoms with Gasteiger partial charge in [-0.2, -0.15) is 0 Å². The fraction of sp³-hybridized carbons (Fsp3) is 0.150. The lowest BCUT2D eigenvalue weighted by Crippen LogP contribution is -2.13. The van der Waals surface area contributed by atoms with E-state index in [1.165, 1.54) is 0 Å². The molecular formula is C20H18ClNO2. The van der Waals surface area contributed by atoms with Crippen LogP contribution in [-0.2, 0) is 4.79 Å². The van der Waals surface area contributed by atoms with E-state index in [1.54, 1.807) is 12.1 Å². The third kappa shape index (κ3) is 4.27. The van der Waals surface area contributed by atoms with Gasteiger partial charge in [0.1, 0.15) is 5.75 Å². The van der Waals surface area contributed by atoms with Gasteiger partial charge in [0, 0.05) is 22.5 Å². The zero-order valence-corrected chi connectivity index (χ0v) is 13.9. The van der Waals surface area contributed by atoms with E-state index in [0.717, 1.165) is 22.2 Å². The number of benzene rings is 3. The maximum absolute atomic E-state index is 12.1. The van der Waals surface area contributed by atoms with Gasteiger partial charge in [-0.3, -0.25) is 4.79 Å². The largest absolute Gasteiger partial charge is 0.494 e. The molecule has 24 heavy (non-hydrogen) atoms. The van der Waals surface area contributed by atoms with Gasteiger partial charge >= 0.3 is 0 Å². The third-order valence-electron chi connectivity index (χ3n) is 3.69. The van der Waals surface area contributed by atoms with Gasteiger partial charge in [-0.15, -0.1) is 0 Å². The number of fused-ring (bicyclic) bond motifs is 1. The molecule has 4 heteroatoms. The smallest absolute Gasteiger partial charge is 0.224 e. The van der Waals surface area contributed by atoms with Crippen LogP contribution >= 0.6 is 11.6 Å². The second-order valence-electron chi connectivity index (χ2n) is 5.48. The van der Waals surface area contributed by atoms with E-state index in [0.29, 0.717) is 24.5 Å². The normalized spacial score (nSPS) is 10.5.